The van der Waals surface area contributed by atoms with Gasteiger partial charge in [0.1, 0.15) is 0 Å². The number of pyridine rings is 1. The normalized spacial score (nSPS) is 34.0. The van der Waals surface area contributed by atoms with Gasteiger partial charge in [-0.15, -0.1) is 0 Å². The summed E-state index contributed by atoms with van der Waals surface area (Å²) < 4.78 is 23.1. The molecule has 1 aliphatic heterocycles. The number of rotatable bonds is 0. The van der Waals surface area contributed by atoms with Crippen molar-refractivity contribution in [3.63, 3.8) is 0 Å². The molecule has 1 unspecified atom stereocenters. The maximum atomic E-state index is 11.6. The van der Waals surface area contributed by atoms with Crippen molar-refractivity contribution in [2.24, 2.45) is 0 Å². The van der Waals surface area contributed by atoms with E-state index in [0.29, 0.717) is 5.03 Å². The molecule has 1 aliphatic carbocycles. The summed E-state index contributed by atoms with van der Waals surface area (Å²) in [5, 5.41) is 0.189. The summed E-state index contributed by atoms with van der Waals surface area (Å²) in [6.45, 7) is 0. The fourth-order valence-corrected chi connectivity index (χ4v) is 3.99. The number of fused-ring (bicyclic) bond motifs is 3. The molecule has 12 heavy (non-hydrogen) atoms. The minimum atomic E-state index is -3.02. The summed E-state index contributed by atoms with van der Waals surface area (Å²) in [5.74, 6) is 0.263. The third-order valence-corrected chi connectivity index (χ3v) is 4.80. The monoisotopic (exact) mass is 181 g/mol. The van der Waals surface area contributed by atoms with Crippen molar-refractivity contribution >= 4 is 9.84 Å². The first-order chi connectivity index (χ1) is 5.71. The fourth-order valence-electron chi connectivity index (χ4n) is 1.91. The molecule has 2 heterocycles. The molecule has 0 saturated heterocycles. The molecular weight excluding hydrogens is 174 g/mol. The first-order valence-corrected chi connectivity index (χ1v) is 5.45. The summed E-state index contributed by atoms with van der Waals surface area (Å²) in [5.41, 5.74) is 0.933. The van der Waals surface area contributed by atoms with Crippen LogP contribution in [0.5, 0.6) is 0 Å². The topological polar surface area (TPSA) is 47.0 Å². The van der Waals surface area contributed by atoms with Gasteiger partial charge in [-0.1, -0.05) is 6.07 Å². The molecule has 2 aliphatic rings. The highest BCUT2D eigenvalue weighted by Gasteiger charge is 2.57. The van der Waals surface area contributed by atoms with Gasteiger partial charge in [0.05, 0.1) is 5.25 Å². The number of sulfone groups is 1. The van der Waals surface area contributed by atoms with Crippen molar-refractivity contribution in [2.75, 3.05) is 0 Å². The molecule has 1 fully saturated rings. The molecule has 0 radical (unpaired) electrons. The largest absolute Gasteiger partial charge is 0.244 e. The SMILES string of the molecule is O=S1(=O)c2ncccc2C2C[C@H]21. The van der Waals surface area contributed by atoms with Crippen LogP contribution in [-0.2, 0) is 9.84 Å². The molecule has 4 heteroatoms. The molecule has 3 nitrogen and oxygen atoms in total. The third kappa shape index (κ3) is 0.579. The van der Waals surface area contributed by atoms with Crippen LogP contribution in [0.4, 0.5) is 0 Å². The number of nitrogens with zero attached hydrogens (tertiary/aromatic N) is 1. The van der Waals surface area contributed by atoms with Crippen molar-refractivity contribution < 1.29 is 8.42 Å². The van der Waals surface area contributed by atoms with E-state index >= 15 is 0 Å². The van der Waals surface area contributed by atoms with Gasteiger partial charge in [-0.3, -0.25) is 0 Å². The zero-order chi connectivity index (χ0) is 8.34. The van der Waals surface area contributed by atoms with Crippen LogP contribution in [0.2, 0.25) is 0 Å². The summed E-state index contributed by atoms with van der Waals surface area (Å²) >= 11 is 0. The Morgan fingerprint density at radius 3 is 3.08 bits per heavy atom. The number of hydrogen-bond acceptors (Lipinski definition) is 3. The predicted molar refractivity (Wildman–Crippen MR) is 42.6 cm³/mol. The Hall–Kier alpha value is -0.900. The molecule has 0 amide bonds. The van der Waals surface area contributed by atoms with Crippen molar-refractivity contribution in [2.45, 2.75) is 22.6 Å². The van der Waals surface area contributed by atoms with Crippen molar-refractivity contribution in [1.29, 1.82) is 0 Å². The van der Waals surface area contributed by atoms with Gasteiger partial charge in [-0.25, -0.2) is 13.4 Å². The minimum Gasteiger partial charge on any atom is -0.244 e. The molecule has 0 bridgehead atoms. The Labute approximate surface area is 70.4 Å². The highest BCUT2D eigenvalue weighted by Crippen LogP contribution is 2.55. The van der Waals surface area contributed by atoms with Crippen LogP contribution in [0.25, 0.3) is 0 Å². The van der Waals surface area contributed by atoms with Gasteiger partial charge < -0.3 is 0 Å². The molecule has 0 N–H and O–H groups in total. The van der Waals surface area contributed by atoms with E-state index in [1.807, 2.05) is 6.07 Å². The Kier molecular flexibility index (Phi) is 0.942. The zero-order valence-corrected chi connectivity index (χ0v) is 7.08. The van der Waals surface area contributed by atoms with Crippen molar-refractivity contribution in [1.82, 2.24) is 4.98 Å². The molecule has 2 atom stereocenters. The molecule has 0 aromatic carbocycles. The molecular formula is C8H7NO2S. The first kappa shape index (κ1) is 6.60. The molecule has 1 aromatic rings. The maximum Gasteiger partial charge on any atom is 0.199 e. The Bertz CT molecular complexity index is 452. The van der Waals surface area contributed by atoms with Gasteiger partial charge in [0.25, 0.3) is 0 Å². The van der Waals surface area contributed by atoms with Crippen molar-refractivity contribution in [3.05, 3.63) is 23.9 Å². The lowest BCUT2D eigenvalue weighted by atomic mass is 10.2. The summed E-state index contributed by atoms with van der Waals surface area (Å²) in [7, 11) is -3.02. The zero-order valence-electron chi connectivity index (χ0n) is 6.27. The molecule has 62 valence electrons. The van der Waals surface area contributed by atoms with E-state index in [9.17, 15) is 8.42 Å². The predicted octanol–water partition coefficient (Wildman–Crippen LogP) is 0.725. The van der Waals surface area contributed by atoms with E-state index in [-0.39, 0.29) is 11.2 Å². The van der Waals surface area contributed by atoms with Gasteiger partial charge in [0, 0.05) is 12.1 Å². The van der Waals surface area contributed by atoms with Gasteiger partial charge in [0.15, 0.2) is 14.9 Å². The second kappa shape index (κ2) is 1.71. The van der Waals surface area contributed by atoms with Gasteiger partial charge in [-0.05, 0) is 18.1 Å². The Morgan fingerprint density at radius 2 is 2.33 bits per heavy atom. The second-order valence-corrected chi connectivity index (χ2v) is 5.41. The molecule has 1 aromatic heterocycles. The second-order valence-electron chi connectivity index (χ2n) is 3.32. The van der Waals surface area contributed by atoms with Crippen LogP contribution in [0.3, 0.4) is 0 Å². The summed E-state index contributed by atoms with van der Waals surface area (Å²) in [6, 6.07) is 3.67. The third-order valence-electron chi connectivity index (χ3n) is 2.60. The van der Waals surface area contributed by atoms with Crippen molar-refractivity contribution in [3.8, 4) is 0 Å². The number of hydrogen-bond donors (Lipinski definition) is 0. The first-order valence-electron chi connectivity index (χ1n) is 3.90. The molecule has 0 spiro atoms. The van der Waals surface area contributed by atoms with Crippen LogP contribution < -0.4 is 0 Å². The average Bonchev–Trinajstić information content (AvgIpc) is 2.80. The smallest absolute Gasteiger partial charge is 0.199 e. The molecule has 1 saturated carbocycles. The highest BCUT2D eigenvalue weighted by molar-refractivity contribution is 7.92. The van der Waals surface area contributed by atoms with Crippen LogP contribution >= 0.6 is 0 Å². The highest BCUT2D eigenvalue weighted by atomic mass is 32.2. The minimum absolute atomic E-state index is 0.137. The van der Waals surface area contributed by atoms with Crippen LogP contribution in [0.15, 0.2) is 23.4 Å². The van der Waals surface area contributed by atoms with E-state index < -0.39 is 9.84 Å². The van der Waals surface area contributed by atoms with E-state index in [2.05, 4.69) is 4.98 Å². The fraction of sp³-hybridized carbons (Fsp3) is 0.375. The molecule has 3 rings (SSSR count). The standard InChI is InChI=1S/C8H7NO2S/c10-12(11)7-4-6(7)5-2-1-3-9-8(5)12/h1-3,6-7H,4H2/t6?,7-/m1/s1. The lowest BCUT2D eigenvalue weighted by molar-refractivity contribution is 0.593. The quantitative estimate of drug-likeness (QED) is 0.592. The van der Waals surface area contributed by atoms with Gasteiger partial charge in [-0.2, -0.15) is 0 Å². The van der Waals surface area contributed by atoms with Crippen LogP contribution in [0, 0.1) is 0 Å². The van der Waals surface area contributed by atoms with Gasteiger partial charge >= 0.3 is 0 Å². The van der Waals surface area contributed by atoms with E-state index in [1.54, 1.807) is 12.3 Å². The Balaban J connectivity index is 2.40. The van der Waals surface area contributed by atoms with E-state index in [4.69, 9.17) is 0 Å². The van der Waals surface area contributed by atoms with Gasteiger partial charge in [0.2, 0.25) is 0 Å². The van der Waals surface area contributed by atoms with E-state index in [1.165, 1.54) is 0 Å². The summed E-state index contributed by atoms with van der Waals surface area (Å²) in [6.07, 6.45) is 2.35. The number of aromatic nitrogens is 1. The summed E-state index contributed by atoms with van der Waals surface area (Å²) in [4.78, 5) is 3.90. The maximum absolute atomic E-state index is 11.6. The average molecular weight is 181 g/mol. The van der Waals surface area contributed by atoms with E-state index in [0.717, 1.165) is 12.0 Å². The Morgan fingerprint density at radius 1 is 1.50 bits per heavy atom. The van der Waals surface area contributed by atoms with Crippen LogP contribution in [0.1, 0.15) is 17.9 Å². The van der Waals surface area contributed by atoms with Crippen LogP contribution in [-0.4, -0.2) is 18.7 Å². The lowest BCUT2D eigenvalue weighted by Crippen LogP contribution is -2.05. The lowest BCUT2D eigenvalue weighted by Gasteiger charge is -1.98.